The Morgan fingerprint density at radius 3 is 2.71 bits per heavy atom. The maximum absolute atomic E-state index is 10.6. The first-order valence-electron chi connectivity index (χ1n) is 7.42. The van der Waals surface area contributed by atoms with Crippen molar-refractivity contribution in [2.45, 2.75) is 13.5 Å². The Morgan fingerprint density at radius 2 is 2.00 bits per heavy atom. The van der Waals surface area contributed by atoms with Crippen LogP contribution in [-0.2, 0) is 11.4 Å². The Hall–Kier alpha value is -3.26. The summed E-state index contributed by atoms with van der Waals surface area (Å²) < 4.78 is 11.3. The van der Waals surface area contributed by atoms with Crippen LogP contribution < -0.4 is 9.47 Å². The van der Waals surface area contributed by atoms with E-state index in [0.29, 0.717) is 29.2 Å². The fourth-order valence-electron chi connectivity index (χ4n) is 2.09. The van der Waals surface area contributed by atoms with Crippen LogP contribution in [0.3, 0.4) is 0 Å². The first-order valence-corrected chi connectivity index (χ1v) is 7.42. The number of nitriles is 1. The van der Waals surface area contributed by atoms with E-state index in [1.54, 1.807) is 30.3 Å². The third-order valence-corrected chi connectivity index (χ3v) is 3.21. The summed E-state index contributed by atoms with van der Waals surface area (Å²) in [5.41, 5.74) is 2.05. The highest BCUT2D eigenvalue weighted by atomic mass is 16.5. The van der Waals surface area contributed by atoms with E-state index in [2.05, 4.69) is 6.07 Å². The molecule has 0 aromatic heterocycles. The zero-order valence-corrected chi connectivity index (χ0v) is 13.2. The smallest absolute Gasteiger partial charge is 0.328 e. The molecule has 0 saturated heterocycles. The molecular formula is C19H17NO4. The maximum atomic E-state index is 10.6. The molecule has 0 aliphatic carbocycles. The molecule has 0 heterocycles. The first-order chi connectivity index (χ1) is 11.6. The van der Waals surface area contributed by atoms with Gasteiger partial charge in [0.2, 0.25) is 0 Å². The van der Waals surface area contributed by atoms with E-state index in [9.17, 15) is 4.79 Å². The lowest BCUT2D eigenvalue weighted by molar-refractivity contribution is -0.131. The van der Waals surface area contributed by atoms with Gasteiger partial charge in [-0.25, -0.2) is 4.79 Å². The summed E-state index contributed by atoms with van der Waals surface area (Å²) in [6.07, 6.45) is 2.55. The number of carboxylic acid groups (broad SMARTS) is 1. The molecule has 0 spiro atoms. The van der Waals surface area contributed by atoms with E-state index in [4.69, 9.17) is 19.8 Å². The quantitative estimate of drug-likeness (QED) is 0.787. The highest BCUT2D eigenvalue weighted by Crippen LogP contribution is 2.30. The predicted molar refractivity (Wildman–Crippen MR) is 89.8 cm³/mol. The molecule has 0 radical (unpaired) electrons. The summed E-state index contributed by atoms with van der Waals surface area (Å²) in [7, 11) is 0. The Labute approximate surface area is 140 Å². The minimum Gasteiger partial charge on any atom is -0.490 e. The minimum absolute atomic E-state index is 0.244. The summed E-state index contributed by atoms with van der Waals surface area (Å²) in [5.74, 6) is 0.0537. The Kier molecular flexibility index (Phi) is 5.98. The van der Waals surface area contributed by atoms with E-state index in [0.717, 1.165) is 11.6 Å². The van der Waals surface area contributed by atoms with E-state index < -0.39 is 5.97 Å². The topological polar surface area (TPSA) is 79.6 Å². The third-order valence-electron chi connectivity index (χ3n) is 3.21. The van der Waals surface area contributed by atoms with Crippen molar-refractivity contribution in [2.75, 3.05) is 6.61 Å². The zero-order chi connectivity index (χ0) is 17.4. The molecule has 24 heavy (non-hydrogen) atoms. The van der Waals surface area contributed by atoms with Crippen LogP contribution in [0, 0.1) is 11.3 Å². The number of aliphatic carboxylic acids is 1. The summed E-state index contributed by atoms with van der Waals surface area (Å²) in [6.45, 7) is 2.56. The molecule has 0 saturated carbocycles. The standard InChI is InChI=1S/C19H17NO4/c1-2-23-18-11-14(8-10-19(21)22)7-9-17(18)24-13-16-6-4-3-5-15(16)12-20/h3-11H,2,13H2,1H3,(H,21,22). The highest BCUT2D eigenvalue weighted by molar-refractivity contribution is 5.85. The molecule has 0 atom stereocenters. The van der Waals surface area contributed by atoms with Crippen molar-refractivity contribution in [3.63, 3.8) is 0 Å². The van der Waals surface area contributed by atoms with Crippen LogP contribution >= 0.6 is 0 Å². The Bertz CT molecular complexity index is 790. The minimum atomic E-state index is -1.01. The van der Waals surface area contributed by atoms with Gasteiger partial charge in [-0.1, -0.05) is 24.3 Å². The van der Waals surface area contributed by atoms with Gasteiger partial charge >= 0.3 is 5.97 Å². The lowest BCUT2D eigenvalue weighted by Gasteiger charge is -2.13. The molecular weight excluding hydrogens is 306 g/mol. The molecule has 122 valence electrons. The lowest BCUT2D eigenvalue weighted by atomic mass is 10.1. The van der Waals surface area contributed by atoms with Crippen molar-refractivity contribution in [3.8, 4) is 17.6 Å². The van der Waals surface area contributed by atoms with Crippen molar-refractivity contribution >= 4 is 12.0 Å². The van der Waals surface area contributed by atoms with Crippen molar-refractivity contribution in [1.82, 2.24) is 0 Å². The summed E-state index contributed by atoms with van der Waals surface area (Å²) >= 11 is 0. The molecule has 5 heteroatoms. The van der Waals surface area contributed by atoms with Gasteiger partial charge in [0.1, 0.15) is 6.61 Å². The number of carbonyl (C=O) groups is 1. The average Bonchev–Trinajstić information content (AvgIpc) is 2.59. The van der Waals surface area contributed by atoms with Crippen LogP contribution in [0.4, 0.5) is 0 Å². The molecule has 0 aliphatic rings. The van der Waals surface area contributed by atoms with Crippen LogP contribution in [0.2, 0.25) is 0 Å². The van der Waals surface area contributed by atoms with Gasteiger partial charge in [-0.15, -0.1) is 0 Å². The lowest BCUT2D eigenvalue weighted by Crippen LogP contribution is -2.01. The fourth-order valence-corrected chi connectivity index (χ4v) is 2.09. The molecule has 2 aromatic rings. The summed E-state index contributed by atoms with van der Waals surface area (Å²) in [5, 5.41) is 17.8. The van der Waals surface area contributed by atoms with Crippen molar-refractivity contribution in [2.24, 2.45) is 0 Å². The summed E-state index contributed by atoms with van der Waals surface area (Å²) in [6, 6.07) is 14.5. The van der Waals surface area contributed by atoms with Gasteiger partial charge in [0.25, 0.3) is 0 Å². The predicted octanol–water partition coefficient (Wildman–Crippen LogP) is 3.63. The van der Waals surface area contributed by atoms with Gasteiger partial charge in [0.15, 0.2) is 11.5 Å². The first kappa shape index (κ1) is 17.1. The van der Waals surface area contributed by atoms with E-state index in [1.165, 1.54) is 6.08 Å². The number of hydrogen-bond acceptors (Lipinski definition) is 4. The van der Waals surface area contributed by atoms with E-state index in [1.807, 2.05) is 19.1 Å². The van der Waals surface area contributed by atoms with Crippen LogP contribution in [0.25, 0.3) is 6.08 Å². The summed E-state index contributed by atoms with van der Waals surface area (Å²) in [4.78, 5) is 10.6. The van der Waals surface area contributed by atoms with Crippen molar-refractivity contribution < 1.29 is 19.4 Å². The van der Waals surface area contributed by atoms with Gasteiger partial charge in [-0.05, 0) is 36.8 Å². The van der Waals surface area contributed by atoms with E-state index >= 15 is 0 Å². The molecule has 0 amide bonds. The molecule has 0 fully saturated rings. The molecule has 0 bridgehead atoms. The van der Waals surface area contributed by atoms with Gasteiger partial charge in [-0.3, -0.25) is 0 Å². The SMILES string of the molecule is CCOc1cc(C=CC(=O)O)ccc1OCc1ccccc1C#N. The van der Waals surface area contributed by atoms with Gasteiger partial charge < -0.3 is 14.6 Å². The van der Waals surface area contributed by atoms with Gasteiger partial charge in [0, 0.05) is 11.6 Å². The van der Waals surface area contributed by atoms with Gasteiger partial charge in [0.05, 0.1) is 18.2 Å². The Balaban J connectivity index is 2.20. The Morgan fingerprint density at radius 1 is 1.21 bits per heavy atom. The van der Waals surface area contributed by atoms with Crippen LogP contribution in [0.15, 0.2) is 48.5 Å². The third kappa shape index (κ3) is 4.62. The largest absolute Gasteiger partial charge is 0.490 e. The fraction of sp³-hybridized carbons (Fsp3) is 0.158. The number of carboxylic acids is 1. The molecule has 0 unspecified atom stereocenters. The molecule has 2 rings (SSSR count). The normalized spacial score (nSPS) is 10.3. The second-order valence-electron chi connectivity index (χ2n) is 4.87. The van der Waals surface area contributed by atoms with Gasteiger partial charge in [-0.2, -0.15) is 5.26 Å². The molecule has 0 aliphatic heterocycles. The number of ether oxygens (including phenoxy) is 2. The number of benzene rings is 2. The zero-order valence-electron chi connectivity index (χ0n) is 13.2. The number of nitrogens with zero attached hydrogens (tertiary/aromatic N) is 1. The van der Waals surface area contributed by atoms with E-state index in [-0.39, 0.29) is 6.61 Å². The van der Waals surface area contributed by atoms with Crippen molar-refractivity contribution in [1.29, 1.82) is 5.26 Å². The average molecular weight is 323 g/mol. The van der Waals surface area contributed by atoms with Crippen molar-refractivity contribution in [3.05, 3.63) is 65.2 Å². The van der Waals surface area contributed by atoms with Crippen LogP contribution in [-0.4, -0.2) is 17.7 Å². The number of rotatable bonds is 7. The molecule has 1 N–H and O–H groups in total. The molecule has 5 nitrogen and oxygen atoms in total. The second-order valence-corrected chi connectivity index (χ2v) is 4.87. The second kappa shape index (κ2) is 8.39. The highest BCUT2D eigenvalue weighted by Gasteiger charge is 2.08. The molecule has 2 aromatic carbocycles. The van der Waals surface area contributed by atoms with Crippen LogP contribution in [0.5, 0.6) is 11.5 Å². The maximum Gasteiger partial charge on any atom is 0.328 e. The van der Waals surface area contributed by atoms with Crippen LogP contribution in [0.1, 0.15) is 23.6 Å². The monoisotopic (exact) mass is 323 g/mol. The number of hydrogen-bond donors (Lipinski definition) is 1.